The highest BCUT2D eigenvalue weighted by Crippen LogP contribution is 2.33. The van der Waals surface area contributed by atoms with Crippen LogP contribution in [-0.4, -0.2) is 53.1 Å². The molecule has 2 bridgehead atoms. The van der Waals surface area contributed by atoms with E-state index in [9.17, 15) is 4.79 Å². The topological polar surface area (TPSA) is 67.3 Å². The van der Waals surface area contributed by atoms with E-state index in [1.54, 1.807) is 6.20 Å². The van der Waals surface area contributed by atoms with Gasteiger partial charge in [-0.15, -0.1) is 0 Å². The lowest BCUT2D eigenvalue weighted by atomic mass is 9.82. The molecule has 0 radical (unpaired) electrons. The van der Waals surface area contributed by atoms with E-state index in [1.807, 2.05) is 0 Å². The van der Waals surface area contributed by atoms with Gasteiger partial charge in [0.05, 0.1) is 19.5 Å². The number of carbonyl (C=O) groups is 1. The number of esters is 1. The molecule has 2 unspecified atom stereocenters. The number of anilines is 1. The Morgan fingerprint density at radius 2 is 2.05 bits per heavy atom. The Kier molecular flexibility index (Phi) is 4.05. The molecule has 0 aromatic carbocycles. The van der Waals surface area contributed by atoms with E-state index >= 15 is 0 Å². The average Bonchev–Trinajstić information content (AvgIpc) is 2.48. The molecule has 2 atom stereocenters. The molecule has 1 N–H and O–H groups in total. The predicted molar refractivity (Wildman–Crippen MR) is 79.2 cm³/mol. The third kappa shape index (κ3) is 3.00. The van der Waals surface area contributed by atoms with Gasteiger partial charge in [0.1, 0.15) is 5.82 Å². The Hall–Kier alpha value is -1.69. The van der Waals surface area contributed by atoms with Crippen molar-refractivity contribution in [3.05, 3.63) is 18.1 Å². The fourth-order valence-electron chi connectivity index (χ4n) is 3.58. The fourth-order valence-corrected chi connectivity index (χ4v) is 3.58. The number of rotatable bonds is 3. The van der Waals surface area contributed by atoms with E-state index in [0.29, 0.717) is 23.9 Å². The molecule has 3 heterocycles. The lowest BCUT2D eigenvalue weighted by Crippen LogP contribution is -2.52. The summed E-state index contributed by atoms with van der Waals surface area (Å²) in [4.78, 5) is 22.4. The highest BCUT2D eigenvalue weighted by molar-refractivity contribution is 5.87. The summed E-state index contributed by atoms with van der Waals surface area (Å²) in [6.45, 7) is 0. The molecule has 2 fully saturated rings. The van der Waals surface area contributed by atoms with E-state index in [0.717, 1.165) is 12.8 Å². The maximum Gasteiger partial charge on any atom is 0.358 e. The minimum absolute atomic E-state index is 0.246. The van der Waals surface area contributed by atoms with Crippen LogP contribution in [0.3, 0.4) is 0 Å². The molecule has 21 heavy (non-hydrogen) atoms. The standard InChI is InChI=1S/C15H22N4O2/c1-19-11-4-3-5-12(19)7-10(6-11)17-14-9-16-8-13(18-14)15(20)21-2/h8-12H,3-7H2,1-2H3,(H,17,18). The predicted octanol–water partition coefficient (Wildman–Crippen LogP) is 1.69. The van der Waals surface area contributed by atoms with Gasteiger partial charge in [-0.2, -0.15) is 0 Å². The van der Waals surface area contributed by atoms with Gasteiger partial charge in [0.15, 0.2) is 5.69 Å². The van der Waals surface area contributed by atoms with Crippen molar-refractivity contribution in [3.63, 3.8) is 0 Å². The van der Waals surface area contributed by atoms with Gasteiger partial charge in [0.2, 0.25) is 0 Å². The largest absolute Gasteiger partial charge is 0.464 e. The number of methoxy groups -OCH3 is 1. The molecule has 0 aliphatic carbocycles. The van der Waals surface area contributed by atoms with Gasteiger partial charge in [0.25, 0.3) is 0 Å². The number of piperidine rings is 2. The number of nitrogens with one attached hydrogen (secondary N) is 1. The highest BCUT2D eigenvalue weighted by Gasteiger charge is 2.36. The quantitative estimate of drug-likeness (QED) is 0.855. The van der Waals surface area contributed by atoms with Crippen LogP contribution in [-0.2, 0) is 4.74 Å². The van der Waals surface area contributed by atoms with Crippen molar-refractivity contribution >= 4 is 11.8 Å². The van der Waals surface area contributed by atoms with Gasteiger partial charge in [-0.3, -0.25) is 4.98 Å². The molecule has 3 rings (SSSR count). The zero-order chi connectivity index (χ0) is 14.8. The number of nitrogens with zero attached hydrogens (tertiary/aromatic N) is 3. The third-order valence-corrected chi connectivity index (χ3v) is 4.72. The van der Waals surface area contributed by atoms with Crippen LogP contribution in [0.2, 0.25) is 0 Å². The second-order valence-corrected chi connectivity index (χ2v) is 6.00. The van der Waals surface area contributed by atoms with Crippen LogP contribution in [0.15, 0.2) is 12.4 Å². The summed E-state index contributed by atoms with van der Waals surface area (Å²) in [5, 5.41) is 3.44. The lowest BCUT2D eigenvalue weighted by Gasteiger charge is -2.47. The van der Waals surface area contributed by atoms with Crippen LogP contribution in [0.4, 0.5) is 5.82 Å². The maximum atomic E-state index is 11.5. The van der Waals surface area contributed by atoms with E-state index < -0.39 is 5.97 Å². The maximum absolute atomic E-state index is 11.5. The molecular formula is C15H22N4O2. The minimum Gasteiger partial charge on any atom is -0.464 e. The van der Waals surface area contributed by atoms with Crippen molar-refractivity contribution in [2.24, 2.45) is 0 Å². The minimum atomic E-state index is -0.452. The first-order chi connectivity index (χ1) is 10.2. The molecule has 0 amide bonds. The fraction of sp³-hybridized carbons (Fsp3) is 0.667. The molecule has 0 spiro atoms. The Morgan fingerprint density at radius 3 is 2.71 bits per heavy atom. The van der Waals surface area contributed by atoms with Gasteiger partial charge in [-0.25, -0.2) is 9.78 Å². The van der Waals surface area contributed by atoms with E-state index in [-0.39, 0.29) is 5.69 Å². The zero-order valence-corrected chi connectivity index (χ0v) is 12.6. The van der Waals surface area contributed by atoms with Crippen LogP contribution in [0.1, 0.15) is 42.6 Å². The van der Waals surface area contributed by atoms with Crippen molar-refractivity contribution in [2.75, 3.05) is 19.5 Å². The van der Waals surface area contributed by atoms with Crippen molar-refractivity contribution in [1.82, 2.24) is 14.9 Å². The number of ether oxygens (including phenoxy) is 1. The van der Waals surface area contributed by atoms with Gasteiger partial charge < -0.3 is 15.0 Å². The van der Waals surface area contributed by atoms with E-state index in [4.69, 9.17) is 0 Å². The Bertz CT molecular complexity index is 508. The summed E-state index contributed by atoms with van der Waals surface area (Å²) in [5.41, 5.74) is 0.246. The van der Waals surface area contributed by atoms with Crippen molar-refractivity contribution in [1.29, 1.82) is 0 Å². The number of aromatic nitrogens is 2. The lowest BCUT2D eigenvalue weighted by molar-refractivity contribution is 0.0590. The first-order valence-electron chi connectivity index (χ1n) is 7.56. The zero-order valence-electron chi connectivity index (χ0n) is 12.6. The molecule has 0 saturated carbocycles. The summed E-state index contributed by atoms with van der Waals surface area (Å²) in [6.07, 6.45) is 9.23. The van der Waals surface area contributed by atoms with E-state index in [1.165, 1.54) is 32.6 Å². The van der Waals surface area contributed by atoms with Crippen molar-refractivity contribution in [2.45, 2.75) is 50.2 Å². The first-order valence-corrected chi connectivity index (χ1v) is 7.56. The average molecular weight is 290 g/mol. The number of hydrogen-bond donors (Lipinski definition) is 1. The molecule has 2 aliphatic heterocycles. The van der Waals surface area contributed by atoms with Crippen LogP contribution in [0, 0.1) is 0 Å². The highest BCUT2D eigenvalue weighted by atomic mass is 16.5. The molecule has 1 aromatic heterocycles. The second-order valence-electron chi connectivity index (χ2n) is 6.00. The Balaban J connectivity index is 1.68. The van der Waals surface area contributed by atoms with Gasteiger partial charge in [0, 0.05) is 18.1 Å². The van der Waals surface area contributed by atoms with Crippen molar-refractivity contribution in [3.8, 4) is 0 Å². The summed E-state index contributed by atoms with van der Waals surface area (Å²) in [5.74, 6) is 0.205. The molecular weight excluding hydrogens is 268 g/mol. The monoisotopic (exact) mass is 290 g/mol. The molecule has 2 saturated heterocycles. The van der Waals surface area contributed by atoms with Crippen molar-refractivity contribution < 1.29 is 9.53 Å². The van der Waals surface area contributed by atoms with Crippen LogP contribution in [0.25, 0.3) is 0 Å². The van der Waals surface area contributed by atoms with Gasteiger partial charge in [-0.1, -0.05) is 6.42 Å². The second kappa shape index (κ2) is 5.97. The Labute approximate surface area is 124 Å². The number of fused-ring (bicyclic) bond motifs is 2. The third-order valence-electron chi connectivity index (χ3n) is 4.72. The van der Waals surface area contributed by atoms with Gasteiger partial charge in [-0.05, 0) is 32.7 Å². The molecule has 6 nitrogen and oxygen atoms in total. The van der Waals surface area contributed by atoms with Crippen LogP contribution >= 0.6 is 0 Å². The van der Waals surface area contributed by atoms with Crippen LogP contribution in [0.5, 0.6) is 0 Å². The molecule has 114 valence electrons. The smallest absolute Gasteiger partial charge is 0.358 e. The molecule has 2 aliphatic rings. The summed E-state index contributed by atoms with van der Waals surface area (Å²) >= 11 is 0. The first kappa shape index (κ1) is 14.3. The molecule has 6 heteroatoms. The normalized spacial score (nSPS) is 29.0. The van der Waals surface area contributed by atoms with E-state index in [2.05, 4.69) is 32.0 Å². The number of carbonyl (C=O) groups excluding carboxylic acids is 1. The summed E-state index contributed by atoms with van der Waals surface area (Å²) < 4.78 is 4.68. The summed E-state index contributed by atoms with van der Waals surface area (Å²) in [6, 6.07) is 1.72. The number of hydrogen-bond acceptors (Lipinski definition) is 6. The molecule has 1 aromatic rings. The van der Waals surface area contributed by atoms with Crippen LogP contribution < -0.4 is 5.32 Å². The summed E-state index contributed by atoms with van der Waals surface area (Å²) in [7, 11) is 3.59. The van der Waals surface area contributed by atoms with Gasteiger partial charge >= 0.3 is 5.97 Å². The Morgan fingerprint density at radius 1 is 1.33 bits per heavy atom. The SMILES string of the molecule is COC(=O)c1cncc(NC2CC3CCCC(C2)N3C)n1.